The molecule has 5 heteroatoms. The fourth-order valence-electron chi connectivity index (χ4n) is 0.426. The zero-order valence-corrected chi connectivity index (χ0v) is 5.59. The van der Waals surface area contributed by atoms with Crippen LogP contribution in [0.5, 0.6) is 0 Å². The van der Waals surface area contributed by atoms with E-state index in [2.05, 4.69) is 5.16 Å². The number of amides is 1. The quantitative estimate of drug-likeness (QED) is 0.288. The summed E-state index contributed by atoms with van der Waals surface area (Å²) in [7, 11) is 0. The van der Waals surface area contributed by atoms with Gasteiger partial charge in [0.15, 0.2) is 5.71 Å². The molecule has 0 fully saturated rings. The highest BCUT2D eigenvalue weighted by Gasteiger charge is 2.11. The van der Waals surface area contributed by atoms with Crippen LogP contribution in [0, 0.1) is 5.41 Å². The maximum atomic E-state index is 10.3. The van der Waals surface area contributed by atoms with E-state index in [1.807, 2.05) is 0 Å². The van der Waals surface area contributed by atoms with Crippen LogP contribution in [0.3, 0.4) is 0 Å². The third-order valence-electron chi connectivity index (χ3n) is 0.973. The Balaban J connectivity index is 4.39. The molecule has 0 aromatic heterocycles. The molecule has 0 bridgehead atoms. The third-order valence-corrected chi connectivity index (χ3v) is 0.973. The summed E-state index contributed by atoms with van der Waals surface area (Å²) >= 11 is 0. The summed E-state index contributed by atoms with van der Waals surface area (Å²) < 4.78 is 0. The highest BCUT2D eigenvalue weighted by atomic mass is 16.4. The SMILES string of the molecule is CCC(=N)/C(=N\O)C(N)=O. The van der Waals surface area contributed by atoms with Crippen molar-refractivity contribution < 1.29 is 10.0 Å². The Morgan fingerprint density at radius 1 is 1.80 bits per heavy atom. The Morgan fingerprint density at radius 3 is 2.40 bits per heavy atom. The Labute approximate surface area is 58.0 Å². The molecule has 0 aromatic carbocycles. The molecule has 1 amide bonds. The second-order valence-electron chi connectivity index (χ2n) is 1.64. The normalized spacial score (nSPS) is 11.1. The maximum absolute atomic E-state index is 10.3. The van der Waals surface area contributed by atoms with E-state index >= 15 is 0 Å². The van der Waals surface area contributed by atoms with Crippen molar-refractivity contribution in [3.8, 4) is 0 Å². The van der Waals surface area contributed by atoms with Crippen molar-refractivity contribution in [2.75, 3.05) is 0 Å². The second-order valence-corrected chi connectivity index (χ2v) is 1.64. The van der Waals surface area contributed by atoms with E-state index in [9.17, 15) is 4.79 Å². The Morgan fingerprint density at radius 2 is 2.30 bits per heavy atom. The van der Waals surface area contributed by atoms with E-state index in [4.69, 9.17) is 16.4 Å². The molecule has 0 saturated carbocycles. The Hall–Kier alpha value is -1.39. The smallest absolute Gasteiger partial charge is 0.272 e. The first kappa shape index (κ1) is 8.61. The van der Waals surface area contributed by atoms with E-state index in [0.717, 1.165) is 0 Å². The molecular weight excluding hydrogens is 134 g/mol. The number of hydrogen-bond acceptors (Lipinski definition) is 4. The number of carbonyl (C=O) groups is 1. The van der Waals surface area contributed by atoms with Gasteiger partial charge in [-0.1, -0.05) is 12.1 Å². The van der Waals surface area contributed by atoms with Crippen molar-refractivity contribution in [3.63, 3.8) is 0 Å². The first-order valence-electron chi connectivity index (χ1n) is 2.73. The van der Waals surface area contributed by atoms with Crippen LogP contribution in [0.25, 0.3) is 0 Å². The first-order valence-corrected chi connectivity index (χ1v) is 2.73. The number of carbonyl (C=O) groups excluding carboxylic acids is 1. The van der Waals surface area contributed by atoms with Crippen LogP contribution in [0.1, 0.15) is 13.3 Å². The average Bonchev–Trinajstić information content (AvgIpc) is 1.88. The number of nitrogens with two attached hydrogens (primary N) is 1. The minimum absolute atomic E-state index is 0.0602. The lowest BCUT2D eigenvalue weighted by molar-refractivity contribution is -0.111. The fraction of sp³-hybridized carbons (Fsp3) is 0.400. The van der Waals surface area contributed by atoms with Gasteiger partial charge in [0.05, 0.1) is 5.71 Å². The molecule has 0 radical (unpaired) electrons. The predicted octanol–water partition coefficient (Wildman–Crippen LogP) is -0.268. The molecule has 0 aromatic rings. The number of hydrogen-bond donors (Lipinski definition) is 3. The summed E-state index contributed by atoms with van der Waals surface area (Å²) in [5.41, 5.74) is 4.32. The van der Waals surface area contributed by atoms with Gasteiger partial charge in [-0.3, -0.25) is 4.79 Å². The number of primary amides is 1. The van der Waals surface area contributed by atoms with Crippen molar-refractivity contribution in [3.05, 3.63) is 0 Å². The van der Waals surface area contributed by atoms with Gasteiger partial charge in [-0.25, -0.2) is 0 Å². The Kier molecular flexibility index (Phi) is 3.10. The van der Waals surface area contributed by atoms with Gasteiger partial charge in [-0.05, 0) is 6.42 Å². The van der Waals surface area contributed by atoms with Crippen LogP contribution in [0.2, 0.25) is 0 Å². The van der Waals surface area contributed by atoms with Crippen molar-refractivity contribution >= 4 is 17.3 Å². The lowest BCUT2D eigenvalue weighted by atomic mass is 10.2. The lowest BCUT2D eigenvalue weighted by Crippen LogP contribution is -2.29. The predicted molar refractivity (Wildman–Crippen MR) is 36.4 cm³/mol. The first-order chi connectivity index (χ1) is 4.63. The van der Waals surface area contributed by atoms with E-state index < -0.39 is 5.91 Å². The van der Waals surface area contributed by atoms with E-state index in [0.29, 0.717) is 6.42 Å². The standard InChI is InChI=1S/C5H9N3O2/c1-2-3(6)4(8-10)5(7)9/h6,10H,2H2,1H3,(H2,7,9)/b6-3?,8-4+. The average molecular weight is 143 g/mol. The molecule has 10 heavy (non-hydrogen) atoms. The molecule has 0 saturated heterocycles. The van der Waals surface area contributed by atoms with Gasteiger partial charge in [0.25, 0.3) is 5.91 Å². The van der Waals surface area contributed by atoms with Gasteiger partial charge in [0.2, 0.25) is 0 Å². The third kappa shape index (κ3) is 1.85. The molecule has 0 atom stereocenters. The molecule has 4 N–H and O–H groups in total. The summed E-state index contributed by atoms with van der Waals surface area (Å²) in [6.07, 6.45) is 0.322. The van der Waals surface area contributed by atoms with Gasteiger partial charge in [-0.15, -0.1) is 0 Å². The van der Waals surface area contributed by atoms with E-state index in [1.54, 1.807) is 6.92 Å². The van der Waals surface area contributed by atoms with Crippen molar-refractivity contribution in [1.29, 1.82) is 5.41 Å². The number of oxime groups is 1. The topological polar surface area (TPSA) is 99.5 Å². The van der Waals surface area contributed by atoms with Gasteiger partial charge in [0, 0.05) is 0 Å². The molecule has 5 nitrogen and oxygen atoms in total. The Bertz CT molecular complexity index is 185. The van der Waals surface area contributed by atoms with Gasteiger partial charge in [-0.2, -0.15) is 0 Å². The second kappa shape index (κ2) is 3.60. The zero-order chi connectivity index (χ0) is 8.15. The fourth-order valence-corrected chi connectivity index (χ4v) is 0.426. The van der Waals surface area contributed by atoms with E-state index in [-0.39, 0.29) is 11.4 Å². The van der Waals surface area contributed by atoms with Crippen LogP contribution in [-0.2, 0) is 4.79 Å². The summed E-state index contributed by atoms with van der Waals surface area (Å²) in [5, 5.41) is 17.8. The highest BCUT2D eigenvalue weighted by Crippen LogP contribution is 1.85. The number of nitrogens with zero attached hydrogens (tertiary/aromatic N) is 1. The summed E-state index contributed by atoms with van der Waals surface area (Å²) in [5.74, 6) is -0.880. The monoisotopic (exact) mass is 143 g/mol. The molecule has 0 aliphatic carbocycles. The molecule has 0 rings (SSSR count). The van der Waals surface area contributed by atoms with Crippen molar-refractivity contribution in [2.24, 2.45) is 10.9 Å². The van der Waals surface area contributed by atoms with Crippen LogP contribution in [-0.4, -0.2) is 22.5 Å². The minimum atomic E-state index is -0.880. The molecule has 0 unspecified atom stereocenters. The largest absolute Gasteiger partial charge is 0.410 e. The molecule has 0 aliphatic heterocycles. The maximum Gasteiger partial charge on any atom is 0.272 e. The van der Waals surface area contributed by atoms with Crippen LogP contribution in [0.15, 0.2) is 5.16 Å². The summed E-state index contributed by atoms with van der Waals surface area (Å²) in [4.78, 5) is 10.3. The van der Waals surface area contributed by atoms with Crippen molar-refractivity contribution in [2.45, 2.75) is 13.3 Å². The minimum Gasteiger partial charge on any atom is -0.410 e. The molecule has 56 valence electrons. The summed E-state index contributed by atoms with van der Waals surface area (Å²) in [6.45, 7) is 1.66. The van der Waals surface area contributed by atoms with Crippen molar-refractivity contribution in [1.82, 2.24) is 0 Å². The zero-order valence-electron chi connectivity index (χ0n) is 5.59. The van der Waals surface area contributed by atoms with E-state index in [1.165, 1.54) is 0 Å². The molecular formula is C5H9N3O2. The van der Waals surface area contributed by atoms with Gasteiger partial charge in [0.1, 0.15) is 0 Å². The summed E-state index contributed by atoms with van der Waals surface area (Å²) in [6, 6.07) is 0. The number of rotatable bonds is 3. The van der Waals surface area contributed by atoms with Gasteiger partial charge >= 0.3 is 0 Å². The molecule has 0 aliphatic rings. The molecule has 0 spiro atoms. The molecule has 0 heterocycles. The van der Waals surface area contributed by atoms with Crippen LogP contribution >= 0.6 is 0 Å². The lowest BCUT2D eigenvalue weighted by Gasteiger charge is -1.96. The highest BCUT2D eigenvalue weighted by molar-refractivity contribution is 6.65. The van der Waals surface area contributed by atoms with Crippen LogP contribution in [0.4, 0.5) is 0 Å². The number of nitrogens with one attached hydrogen (secondary N) is 1. The van der Waals surface area contributed by atoms with Crippen LogP contribution < -0.4 is 5.73 Å². The van der Waals surface area contributed by atoms with Gasteiger partial charge < -0.3 is 16.4 Å².